The summed E-state index contributed by atoms with van der Waals surface area (Å²) >= 11 is 0. The molecule has 1 heterocycles. The standard InChI is InChI=1S/C13H15NO3/c15-7-8-17-13(16)10-14-6-5-11-3-1-2-4-12(11)9-14/h1-6,15H,7-10H2. The van der Waals surface area contributed by atoms with Gasteiger partial charge in [0, 0.05) is 12.7 Å². The van der Waals surface area contributed by atoms with E-state index in [4.69, 9.17) is 9.84 Å². The maximum absolute atomic E-state index is 11.4. The lowest BCUT2D eigenvalue weighted by Gasteiger charge is -2.24. The van der Waals surface area contributed by atoms with Gasteiger partial charge in [-0.05, 0) is 17.2 Å². The number of fused-ring (bicyclic) bond motifs is 1. The van der Waals surface area contributed by atoms with Crippen molar-refractivity contribution in [2.24, 2.45) is 0 Å². The van der Waals surface area contributed by atoms with Crippen LogP contribution >= 0.6 is 0 Å². The first-order chi connectivity index (χ1) is 8.29. The van der Waals surface area contributed by atoms with Gasteiger partial charge in [-0.15, -0.1) is 0 Å². The van der Waals surface area contributed by atoms with Crippen molar-refractivity contribution in [1.29, 1.82) is 0 Å². The maximum atomic E-state index is 11.4. The van der Waals surface area contributed by atoms with Crippen LogP contribution < -0.4 is 0 Å². The fourth-order valence-electron chi connectivity index (χ4n) is 1.78. The molecule has 0 amide bonds. The van der Waals surface area contributed by atoms with E-state index in [2.05, 4.69) is 0 Å². The van der Waals surface area contributed by atoms with Crippen LogP contribution in [0.5, 0.6) is 0 Å². The lowest BCUT2D eigenvalue weighted by Crippen LogP contribution is -2.28. The molecule has 0 saturated heterocycles. The SMILES string of the molecule is O=C(CN1C=Cc2ccccc2C1)OCCO. The van der Waals surface area contributed by atoms with E-state index in [0.29, 0.717) is 6.54 Å². The Morgan fingerprint density at radius 2 is 2.24 bits per heavy atom. The largest absolute Gasteiger partial charge is 0.462 e. The molecule has 4 heteroatoms. The Bertz CT molecular complexity index is 428. The van der Waals surface area contributed by atoms with Gasteiger partial charge in [0.25, 0.3) is 0 Å². The minimum Gasteiger partial charge on any atom is -0.462 e. The Hall–Kier alpha value is -1.81. The summed E-state index contributed by atoms with van der Waals surface area (Å²) in [7, 11) is 0. The highest BCUT2D eigenvalue weighted by molar-refractivity contribution is 5.72. The second kappa shape index (κ2) is 5.50. The van der Waals surface area contributed by atoms with Gasteiger partial charge in [-0.3, -0.25) is 4.79 Å². The Balaban J connectivity index is 1.92. The van der Waals surface area contributed by atoms with Crippen LogP contribution in [0.1, 0.15) is 11.1 Å². The van der Waals surface area contributed by atoms with Crippen LogP contribution in [-0.2, 0) is 16.1 Å². The van der Waals surface area contributed by atoms with Gasteiger partial charge in [0.1, 0.15) is 13.2 Å². The van der Waals surface area contributed by atoms with Gasteiger partial charge in [0.2, 0.25) is 0 Å². The summed E-state index contributed by atoms with van der Waals surface area (Å²) in [5, 5.41) is 8.55. The number of rotatable bonds is 4. The van der Waals surface area contributed by atoms with Crippen molar-refractivity contribution in [2.45, 2.75) is 6.54 Å². The Morgan fingerprint density at radius 1 is 1.41 bits per heavy atom. The second-order valence-electron chi connectivity index (χ2n) is 3.86. The van der Waals surface area contributed by atoms with Crippen LogP contribution in [0.15, 0.2) is 30.5 Å². The van der Waals surface area contributed by atoms with Crippen LogP contribution in [0, 0.1) is 0 Å². The summed E-state index contributed by atoms with van der Waals surface area (Å²) in [4.78, 5) is 13.3. The van der Waals surface area contributed by atoms with E-state index in [0.717, 1.165) is 0 Å². The molecule has 0 atom stereocenters. The van der Waals surface area contributed by atoms with Gasteiger partial charge in [-0.25, -0.2) is 0 Å². The maximum Gasteiger partial charge on any atom is 0.325 e. The Labute approximate surface area is 100 Å². The zero-order chi connectivity index (χ0) is 12.1. The van der Waals surface area contributed by atoms with Crippen LogP contribution in [0.2, 0.25) is 0 Å². The first-order valence-corrected chi connectivity index (χ1v) is 5.56. The molecule has 1 N–H and O–H groups in total. The lowest BCUT2D eigenvalue weighted by molar-refractivity contribution is -0.145. The van der Waals surface area contributed by atoms with Crippen molar-refractivity contribution in [1.82, 2.24) is 4.90 Å². The molecule has 0 spiro atoms. The zero-order valence-corrected chi connectivity index (χ0v) is 9.50. The fraction of sp³-hybridized carbons (Fsp3) is 0.308. The van der Waals surface area contributed by atoms with E-state index in [9.17, 15) is 4.79 Å². The van der Waals surface area contributed by atoms with Gasteiger partial charge < -0.3 is 14.7 Å². The summed E-state index contributed by atoms with van der Waals surface area (Å²) in [5.74, 6) is -0.317. The minimum absolute atomic E-state index is 0.0625. The summed E-state index contributed by atoms with van der Waals surface area (Å²) < 4.78 is 4.82. The molecule has 90 valence electrons. The van der Waals surface area contributed by atoms with E-state index in [1.165, 1.54) is 11.1 Å². The van der Waals surface area contributed by atoms with Crippen molar-refractivity contribution >= 4 is 12.0 Å². The third kappa shape index (κ3) is 3.07. The number of aliphatic hydroxyl groups is 1. The normalized spacial score (nSPS) is 13.4. The zero-order valence-electron chi connectivity index (χ0n) is 9.50. The van der Waals surface area contributed by atoms with Crippen LogP contribution in [-0.4, -0.2) is 35.7 Å². The third-order valence-corrected chi connectivity index (χ3v) is 2.58. The van der Waals surface area contributed by atoms with Crippen LogP contribution in [0.25, 0.3) is 6.08 Å². The summed E-state index contributed by atoms with van der Waals surface area (Å²) in [6.45, 7) is 0.850. The lowest BCUT2D eigenvalue weighted by atomic mass is 10.0. The molecule has 1 aliphatic heterocycles. The molecule has 1 aromatic carbocycles. The molecule has 4 nitrogen and oxygen atoms in total. The van der Waals surface area contributed by atoms with Gasteiger partial charge >= 0.3 is 5.97 Å². The van der Waals surface area contributed by atoms with Crippen molar-refractivity contribution in [3.63, 3.8) is 0 Å². The molecule has 0 fully saturated rings. The van der Waals surface area contributed by atoms with E-state index in [1.54, 1.807) is 0 Å². The van der Waals surface area contributed by atoms with Crippen LogP contribution in [0.3, 0.4) is 0 Å². The molecular formula is C13H15NO3. The van der Waals surface area contributed by atoms with E-state index in [-0.39, 0.29) is 25.7 Å². The van der Waals surface area contributed by atoms with Crippen LogP contribution in [0.4, 0.5) is 0 Å². The Morgan fingerprint density at radius 3 is 3.06 bits per heavy atom. The number of hydrogen-bond acceptors (Lipinski definition) is 4. The number of carbonyl (C=O) groups is 1. The summed E-state index contributed by atoms with van der Waals surface area (Å²) in [6, 6.07) is 8.08. The summed E-state index contributed by atoms with van der Waals surface area (Å²) in [6.07, 6.45) is 3.88. The quantitative estimate of drug-likeness (QED) is 0.788. The minimum atomic E-state index is -0.317. The number of carbonyl (C=O) groups excluding carboxylic acids is 1. The van der Waals surface area contributed by atoms with Gasteiger partial charge in [0.15, 0.2) is 0 Å². The predicted molar refractivity (Wildman–Crippen MR) is 63.9 cm³/mol. The van der Waals surface area contributed by atoms with Gasteiger partial charge in [-0.1, -0.05) is 24.3 Å². The summed E-state index contributed by atoms with van der Waals surface area (Å²) in [5.41, 5.74) is 2.39. The second-order valence-corrected chi connectivity index (χ2v) is 3.86. The molecule has 0 aliphatic carbocycles. The number of nitrogens with zero attached hydrogens (tertiary/aromatic N) is 1. The average molecular weight is 233 g/mol. The molecule has 0 bridgehead atoms. The molecule has 1 aliphatic rings. The number of ether oxygens (including phenoxy) is 1. The van der Waals surface area contributed by atoms with Crippen molar-refractivity contribution in [3.05, 3.63) is 41.6 Å². The number of benzene rings is 1. The highest BCUT2D eigenvalue weighted by atomic mass is 16.5. The van der Waals surface area contributed by atoms with Gasteiger partial charge in [-0.2, -0.15) is 0 Å². The van der Waals surface area contributed by atoms with Crippen molar-refractivity contribution < 1.29 is 14.6 Å². The van der Waals surface area contributed by atoms with E-state index >= 15 is 0 Å². The molecule has 0 radical (unpaired) electrons. The highest BCUT2D eigenvalue weighted by Crippen LogP contribution is 2.18. The topological polar surface area (TPSA) is 49.8 Å². The van der Waals surface area contributed by atoms with Gasteiger partial charge in [0.05, 0.1) is 6.61 Å². The average Bonchev–Trinajstić information content (AvgIpc) is 2.36. The molecule has 2 rings (SSSR count). The predicted octanol–water partition coefficient (Wildman–Crippen LogP) is 1.01. The van der Waals surface area contributed by atoms with Crippen molar-refractivity contribution in [3.8, 4) is 0 Å². The van der Waals surface area contributed by atoms with E-state index < -0.39 is 0 Å². The molecule has 0 unspecified atom stereocenters. The molecule has 0 aromatic heterocycles. The molecule has 17 heavy (non-hydrogen) atoms. The number of hydrogen-bond donors (Lipinski definition) is 1. The highest BCUT2D eigenvalue weighted by Gasteiger charge is 2.13. The smallest absolute Gasteiger partial charge is 0.325 e. The Kier molecular flexibility index (Phi) is 3.77. The van der Waals surface area contributed by atoms with E-state index in [1.807, 2.05) is 41.4 Å². The first kappa shape index (κ1) is 11.7. The van der Waals surface area contributed by atoms with Crippen molar-refractivity contribution in [2.75, 3.05) is 19.8 Å². The third-order valence-electron chi connectivity index (χ3n) is 2.58. The number of esters is 1. The molecule has 1 aromatic rings. The first-order valence-electron chi connectivity index (χ1n) is 5.56. The monoisotopic (exact) mass is 233 g/mol. The fourth-order valence-corrected chi connectivity index (χ4v) is 1.78. The molecular weight excluding hydrogens is 218 g/mol. The molecule has 0 saturated carbocycles. The number of aliphatic hydroxyl groups excluding tert-OH is 1.